The zero-order valence-corrected chi connectivity index (χ0v) is 9.55. The van der Waals surface area contributed by atoms with Gasteiger partial charge in [-0.1, -0.05) is 26.0 Å². The summed E-state index contributed by atoms with van der Waals surface area (Å²) in [4.78, 5) is 0. The van der Waals surface area contributed by atoms with Gasteiger partial charge in [-0.15, -0.1) is 0 Å². The topological polar surface area (TPSA) is 38.0 Å². The lowest BCUT2D eigenvalue weighted by atomic mass is 9.96. The van der Waals surface area contributed by atoms with Gasteiger partial charge in [-0.2, -0.15) is 0 Å². The fourth-order valence-electron chi connectivity index (χ4n) is 1.66. The molecule has 1 rings (SSSR count). The maximum atomic E-state index is 13.1. The third-order valence-electron chi connectivity index (χ3n) is 2.49. The molecule has 0 spiro atoms. The van der Waals surface area contributed by atoms with Gasteiger partial charge in [0.2, 0.25) is 0 Å². The van der Waals surface area contributed by atoms with Crippen molar-refractivity contribution in [3.63, 3.8) is 0 Å². The van der Waals surface area contributed by atoms with Crippen LogP contribution in [0, 0.1) is 18.7 Å². The van der Waals surface area contributed by atoms with Crippen LogP contribution in [0.2, 0.25) is 0 Å². The Morgan fingerprint density at radius 3 is 2.53 bits per heavy atom. The fraction of sp³-hybridized carbons (Fsp3) is 0.500. The summed E-state index contributed by atoms with van der Waals surface area (Å²) in [6, 6.07) is 5.23. The number of hydrazine groups is 1. The van der Waals surface area contributed by atoms with Crippen LogP contribution in [0.4, 0.5) is 4.39 Å². The summed E-state index contributed by atoms with van der Waals surface area (Å²) in [7, 11) is 0. The molecular formula is C12H19FN2. The van der Waals surface area contributed by atoms with E-state index >= 15 is 0 Å². The van der Waals surface area contributed by atoms with E-state index in [2.05, 4.69) is 19.3 Å². The molecule has 15 heavy (non-hydrogen) atoms. The van der Waals surface area contributed by atoms with Crippen LogP contribution in [0.15, 0.2) is 18.2 Å². The molecule has 1 atom stereocenters. The summed E-state index contributed by atoms with van der Waals surface area (Å²) >= 11 is 0. The minimum Gasteiger partial charge on any atom is -0.271 e. The minimum atomic E-state index is -0.168. The molecule has 0 saturated heterocycles. The predicted molar refractivity (Wildman–Crippen MR) is 60.7 cm³/mol. The molecule has 0 aromatic heterocycles. The van der Waals surface area contributed by atoms with Crippen LogP contribution < -0.4 is 11.3 Å². The molecule has 84 valence electrons. The first kappa shape index (κ1) is 12.1. The van der Waals surface area contributed by atoms with E-state index in [4.69, 9.17) is 5.84 Å². The Bertz CT molecular complexity index is 323. The average molecular weight is 210 g/mol. The maximum absolute atomic E-state index is 13.1. The number of rotatable bonds is 4. The molecule has 0 saturated carbocycles. The number of halogens is 1. The Hall–Kier alpha value is -0.930. The summed E-state index contributed by atoms with van der Waals surface area (Å²) in [6.45, 7) is 6.04. The van der Waals surface area contributed by atoms with Crippen LogP contribution in [-0.2, 0) is 0 Å². The standard InChI is InChI=1S/C12H19FN2/c1-8(2)6-12(15-14)10-4-5-11(13)9(3)7-10/h4-5,7-8,12,15H,6,14H2,1-3H3. The van der Waals surface area contributed by atoms with E-state index in [1.165, 1.54) is 6.07 Å². The van der Waals surface area contributed by atoms with Gasteiger partial charge in [0.1, 0.15) is 5.82 Å². The summed E-state index contributed by atoms with van der Waals surface area (Å²) in [6.07, 6.45) is 0.946. The van der Waals surface area contributed by atoms with Crippen LogP contribution in [0.3, 0.4) is 0 Å². The van der Waals surface area contributed by atoms with Crippen molar-refractivity contribution in [1.29, 1.82) is 0 Å². The van der Waals surface area contributed by atoms with Gasteiger partial charge in [0.05, 0.1) is 0 Å². The minimum absolute atomic E-state index is 0.101. The fourth-order valence-corrected chi connectivity index (χ4v) is 1.66. The molecule has 1 aromatic rings. The first-order valence-corrected chi connectivity index (χ1v) is 5.26. The average Bonchev–Trinajstić information content (AvgIpc) is 2.18. The Morgan fingerprint density at radius 1 is 1.40 bits per heavy atom. The van der Waals surface area contributed by atoms with Crippen LogP contribution in [0.1, 0.15) is 37.4 Å². The molecule has 0 heterocycles. The summed E-state index contributed by atoms with van der Waals surface area (Å²) < 4.78 is 13.1. The molecule has 0 aliphatic heterocycles. The normalized spacial score (nSPS) is 13.2. The smallest absolute Gasteiger partial charge is 0.126 e. The molecule has 3 heteroatoms. The zero-order valence-electron chi connectivity index (χ0n) is 9.55. The van der Waals surface area contributed by atoms with Crippen molar-refractivity contribution in [1.82, 2.24) is 5.43 Å². The van der Waals surface area contributed by atoms with Gasteiger partial charge < -0.3 is 0 Å². The second kappa shape index (κ2) is 5.24. The van der Waals surface area contributed by atoms with Gasteiger partial charge in [-0.25, -0.2) is 4.39 Å². The SMILES string of the molecule is Cc1cc(C(CC(C)C)NN)ccc1F. The lowest BCUT2D eigenvalue weighted by Crippen LogP contribution is -2.29. The van der Waals surface area contributed by atoms with Gasteiger partial charge in [-0.3, -0.25) is 11.3 Å². The van der Waals surface area contributed by atoms with Crippen molar-refractivity contribution in [3.05, 3.63) is 35.1 Å². The second-order valence-electron chi connectivity index (χ2n) is 4.36. The summed E-state index contributed by atoms with van der Waals surface area (Å²) in [5, 5.41) is 0. The van der Waals surface area contributed by atoms with E-state index in [-0.39, 0.29) is 11.9 Å². The van der Waals surface area contributed by atoms with Crippen LogP contribution in [0.25, 0.3) is 0 Å². The third kappa shape index (κ3) is 3.29. The number of nitrogens with one attached hydrogen (secondary N) is 1. The number of hydrogen-bond acceptors (Lipinski definition) is 2. The van der Waals surface area contributed by atoms with Crippen molar-refractivity contribution in [3.8, 4) is 0 Å². The van der Waals surface area contributed by atoms with E-state index in [1.807, 2.05) is 6.07 Å². The van der Waals surface area contributed by atoms with Gasteiger partial charge in [-0.05, 0) is 36.5 Å². The van der Waals surface area contributed by atoms with Gasteiger partial charge in [0, 0.05) is 6.04 Å². The number of hydrogen-bond donors (Lipinski definition) is 2. The lowest BCUT2D eigenvalue weighted by Gasteiger charge is -2.19. The van der Waals surface area contributed by atoms with Crippen LogP contribution >= 0.6 is 0 Å². The molecule has 0 radical (unpaired) electrons. The lowest BCUT2D eigenvalue weighted by molar-refractivity contribution is 0.437. The van der Waals surface area contributed by atoms with Gasteiger partial charge in [0.25, 0.3) is 0 Å². The second-order valence-corrected chi connectivity index (χ2v) is 4.36. The van der Waals surface area contributed by atoms with Crippen molar-refractivity contribution >= 4 is 0 Å². The van der Waals surface area contributed by atoms with E-state index in [1.54, 1.807) is 13.0 Å². The molecule has 0 bridgehead atoms. The van der Waals surface area contributed by atoms with Gasteiger partial charge in [0.15, 0.2) is 0 Å². The van der Waals surface area contributed by atoms with Crippen LogP contribution in [0.5, 0.6) is 0 Å². The highest BCUT2D eigenvalue weighted by Gasteiger charge is 2.12. The Labute approximate surface area is 90.6 Å². The Morgan fingerprint density at radius 2 is 2.07 bits per heavy atom. The molecule has 1 unspecified atom stereocenters. The molecular weight excluding hydrogens is 191 g/mol. The molecule has 1 aromatic carbocycles. The first-order valence-electron chi connectivity index (χ1n) is 5.26. The largest absolute Gasteiger partial charge is 0.271 e. The number of nitrogens with two attached hydrogens (primary N) is 1. The highest BCUT2D eigenvalue weighted by molar-refractivity contribution is 5.26. The summed E-state index contributed by atoms with van der Waals surface area (Å²) in [5.74, 6) is 5.88. The van der Waals surface area contributed by atoms with E-state index in [9.17, 15) is 4.39 Å². The van der Waals surface area contributed by atoms with E-state index < -0.39 is 0 Å². The molecule has 0 aliphatic rings. The molecule has 2 nitrogen and oxygen atoms in total. The zero-order chi connectivity index (χ0) is 11.4. The monoisotopic (exact) mass is 210 g/mol. The van der Waals surface area contributed by atoms with E-state index in [0.29, 0.717) is 11.5 Å². The highest BCUT2D eigenvalue weighted by atomic mass is 19.1. The van der Waals surface area contributed by atoms with Gasteiger partial charge >= 0.3 is 0 Å². The molecule has 0 fully saturated rings. The van der Waals surface area contributed by atoms with Crippen molar-refractivity contribution < 1.29 is 4.39 Å². The van der Waals surface area contributed by atoms with Crippen LogP contribution in [-0.4, -0.2) is 0 Å². The first-order chi connectivity index (χ1) is 7.04. The maximum Gasteiger partial charge on any atom is 0.126 e. The molecule has 3 N–H and O–H groups in total. The molecule has 0 aliphatic carbocycles. The van der Waals surface area contributed by atoms with Crippen molar-refractivity contribution in [2.75, 3.05) is 0 Å². The number of aryl methyl sites for hydroxylation is 1. The highest BCUT2D eigenvalue weighted by Crippen LogP contribution is 2.22. The Kier molecular flexibility index (Phi) is 4.24. The van der Waals surface area contributed by atoms with Crippen molar-refractivity contribution in [2.45, 2.75) is 33.2 Å². The third-order valence-corrected chi connectivity index (χ3v) is 2.49. The summed E-state index contributed by atoms with van der Waals surface area (Å²) in [5.41, 5.74) is 4.48. The Balaban J connectivity index is 2.87. The van der Waals surface area contributed by atoms with Crippen molar-refractivity contribution in [2.24, 2.45) is 11.8 Å². The van der Waals surface area contributed by atoms with E-state index in [0.717, 1.165) is 12.0 Å². The quantitative estimate of drug-likeness (QED) is 0.592. The molecule has 0 amide bonds. The predicted octanol–water partition coefficient (Wildman–Crippen LogP) is 2.68. The number of benzene rings is 1.